The van der Waals surface area contributed by atoms with E-state index in [1.807, 2.05) is 0 Å². The van der Waals surface area contributed by atoms with Gasteiger partial charge in [0, 0.05) is 31.0 Å². The van der Waals surface area contributed by atoms with Crippen molar-refractivity contribution < 1.29 is 9.09 Å². The van der Waals surface area contributed by atoms with Crippen LogP contribution in [0.4, 0.5) is 0 Å². The Labute approximate surface area is 90.4 Å². The summed E-state index contributed by atoms with van der Waals surface area (Å²) in [6.45, 7) is 2.75. The van der Waals surface area contributed by atoms with Gasteiger partial charge in [-0.25, -0.2) is 0 Å². The molecular formula is C7H15Br2O2P. The molecule has 0 aliphatic heterocycles. The van der Waals surface area contributed by atoms with E-state index in [1.165, 1.54) is 19.3 Å². The van der Waals surface area contributed by atoms with Crippen molar-refractivity contribution in [3.8, 4) is 0 Å². The van der Waals surface area contributed by atoms with Crippen LogP contribution in [-0.2, 0) is 9.09 Å². The molecule has 0 atom stereocenters. The Hall–Kier alpha value is 1.15. The van der Waals surface area contributed by atoms with E-state index in [-0.39, 0.29) is 0 Å². The van der Waals surface area contributed by atoms with Crippen molar-refractivity contribution in [3.63, 3.8) is 0 Å². The Morgan fingerprint density at radius 1 is 1.17 bits per heavy atom. The molecule has 0 aromatic carbocycles. The third kappa shape index (κ3) is 11.2. The lowest BCUT2D eigenvalue weighted by Crippen LogP contribution is -1.87. The van der Waals surface area contributed by atoms with Crippen LogP contribution >= 0.6 is 35.8 Å². The fourth-order valence-electron chi connectivity index (χ4n) is 0.876. The summed E-state index contributed by atoms with van der Waals surface area (Å²) in [6, 6.07) is 0. The van der Waals surface area contributed by atoms with Gasteiger partial charge < -0.3 is 4.52 Å². The third-order valence-corrected chi connectivity index (χ3v) is 3.20. The molecular weight excluding hydrogens is 307 g/mol. The van der Waals surface area contributed by atoms with Crippen molar-refractivity contribution in [3.05, 3.63) is 0 Å². The summed E-state index contributed by atoms with van der Waals surface area (Å²) >= 11 is 5.82. The van der Waals surface area contributed by atoms with E-state index < -0.39 is 4.77 Å². The lowest BCUT2D eigenvalue weighted by Gasteiger charge is -2.03. The van der Waals surface area contributed by atoms with Gasteiger partial charge >= 0.3 is 4.77 Å². The SMILES string of the molecule is CCCCCCCOP(=O)(Br)Br. The van der Waals surface area contributed by atoms with Crippen molar-refractivity contribution in [2.45, 2.75) is 39.0 Å². The van der Waals surface area contributed by atoms with Gasteiger partial charge in [0.2, 0.25) is 0 Å². The Kier molecular flexibility index (Phi) is 8.27. The van der Waals surface area contributed by atoms with Gasteiger partial charge in [-0.05, 0) is 6.42 Å². The molecule has 12 heavy (non-hydrogen) atoms. The van der Waals surface area contributed by atoms with Gasteiger partial charge in [0.15, 0.2) is 0 Å². The number of hydrogen-bond donors (Lipinski definition) is 0. The summed E-state index contributed by atoms with van der Waals surface area (Å²) in [5.74, 6) is 0. The molecule has 0 saturated heterocycles. The third-order valence-electron chi connectivity index (χ3n) is 1.49. The van der Waals surface area contributed by atoms with Gasteiger partial charge in [-0.2, -0.15) is 0 Å². The lowest BCUT2D eigenvalue weighted by molar-refractivity contribution is 0.323. The summed E-state index contributed by atoms with van der Waals surface area (Å²) in [4.78, 5) is 0. The molecule has 0 amide bonds. The Balaban J connectivity index is 3.06. The summed E-state index contributed by atoms with van der Waals surface area (Å²) in [5.41, 5.74) is 0. The van der Waals surface area contributed by atoms with Crippen molar-refractivity contribution in [1.82, 2.24) is 0 Å². The normalized spacial score (nSPS) is 11.9. The molecule has 0 saturated carbocycles. The molecule has 2 nitrogen and oxygen atoms in total. The zero-order valence-electron chi connectivity index (χ0n) is 7.26. The van der Waals surface area contributed by atoms with Crippen molar-refractivity contribution in [2.24, 2.45) is 0 Å². The summed E-state index contributed by atoms with van der Waals surface area (Å²) in [7, 11) is 0. The van der Waals surface area contributed by atoms with Crippen molar-refractivity contribution in [2.75, 3.05) is 6.61 Å². The van der Waals surface area contributed by atoms with E-state index >= 15 is 0 Å². The molecule has 0 aromatic rings. The molecule has 0 fully saturated rings. The highest BCUT2D eigenvalue weighted by Gasteiger charge is 2.10. The van der Waals surface area contributed by atoms with Crippen LogP contribution in [0.3, 0.4) is 0 Å². The smallest absolute Gasteiger partial charge is 0.313 e. The molecule has 74 valence electrons. The zero-order valence-corrected chi connectivity index (χ0v) is 11.3. The fraction of sp³-hybridized carbons (Fsp3) is 1.00. The van der Waals surface area contributed by atoms with Gasteiger partial charge in [0.1, 0.15) is 0 Å². The van der Waals surface area contributed by atoms with Crippen LogP contribution in [0.15, 0.2) is 0 Å². The predicted molar refractivity (Wildman–Crippen MR) is 60.2 cm³/mol. The topological polar surface area (TPSA) is 26.3 Å². The van der Waals surface area contributed by atoms with Crippen LogP contribution in [0, 0.1) is 0 Å². The molecule has 0 aliphatic rings. The first-order valence-electron chi connectivity index (χ1n) is 4.20. The lowest BCUT2D eigenvalue weighted by atomic mass is 10.2. The van der Waals surface area contributed by atoms with Gasteiger partial charge in [-0.3, -0.25) is 4.57 Å². The predicted octanol–water partition coefficient (Wildman–Crippen LogP) is 4.87. The van der Waals surface area contributed by atoms with Gasteiger partial charge in [-0.1, -0.05) is 32.6 Å². The Morgan fingerprint density at radius 2 is 1.75 bits per heavy atom. The van der Waals surface area contributed by atoms with E-state index in [4.69, 9.17) is 4.52 Å². The first kappa shape index (κ1) is 13.2. The van der Waals surface area contributed by atoms with Crippen molar-refractivity contribution >= 4 is 35.8 Å². The van der Waals surface area contributed by atoms with E-state index in [0.717, 1.165) is 12.8 Å². The molecule has 0 aromatic heterocycles. The second kappa shape index (κ2) is 7.54. The number of rotatable bonds is 7. The van der Waals surface area contributed by atoms with Crippen LogP contribution in [0.1, 0.15) is 39.0 Å². The number of hydrogen-bond acceptors (Lipinski definition) is 2. The second-order valence-electron chi connectivity index (χ2n) is 2.66. The maximum absolute atomic E-state index is 10.9. The average Bonchev–Trinajstić information content (AvgIpc) is 1.94. The number of unbranched alkanes of at least 4 members (excludes halogenated alkanes) is 4. The van der Waals surface area contributed by atoms with Gasteiger partial charge in [-0.15, -0.1) is 0 Å². The molecule has 0 heterocycles. The van der Waals surface area contributed by atoms with Crippen molar-refractivity contribution in [1.29, 1.82) is 0 Å². The van der Waals surface area contributed by atoms with Crippen LogP contribution in [-0.4, -0.2) is 6.61 Å². The highest BCUT2D eigenvalue weighted by atomic mass is 79.9. The highest BCUT2D eigenvalue weighted by Crippen LogP contribution is 2.62. The Morgan fingerprint density at radius 3 is 2.25 bits per heavy atom. The first-order chi connectivity index (χ1) is 5.56. The Bertz CT molecular complexity index is 146. The highest BCUT2D eigenvalue weighted by molar-refractivity contribution is 9.70. The summed E-state index contributed by atoms with van der Waals surface area (Å²) < 4.78 is 13.3. The molecule has 0 unspecified atom stereocenters. The first-order valence-corrected chi connectivity index (χ1v) is 9.86. The van der Waals surface area contributed by atoms with Crippen LogP contribution in [0.5, 0.6) is 0 Å². The molecule has 0 N–H and O–H groups in total. The standard InChI is InChI=1S/C7H15Br2O2P/c1-2-3-4-5-6-7-11-12(8,9)10/h2-7H2,1H3. The summed E-state index contributed by atoms with van der Waals surface area (Å²) in [6.07, 6.45) is 5.92. The van der Waals surface area contributed by atoms with Crippen LogP contribution in [0.2, 0.25) is 0 Å². The molecule has 0 radical (unpaired) electrons. The van der Waals surface area contributed by atoms with E-state index in [1.54, 1.807) is 0 Å². The molecule has 0 aliphatic carbocycles. The fourth-order valence-corrected chi connectivity index (χ4v) is 2.09. The molecule has 0 bridgehead atoms. The monoisotopic (exact) mass is 320 g/mol. The van der Waals surface area contributed by atoms with E-state index in [9.17, 15) is 4.57 Å². The molecule has 5 heteroatoms. The van der Waals surface area contributed by atoms with Crippen LogP contribution in [0.25, 0.3) is 0 Å². The minimum absolute atomic E-state index is 0.567. The largest absolute Gasteiger partial charge is 0.328 e. The molecule has 0 spiro atoms. The summed E-state index contributed by atoms with van der Waals surface area (Å²) in [5, 5.41) is 0. The van der Waals surface area contributed by atoms with Gasteiger partial charge in [0.25, 0.3) is 0 Å². The number of halogens is 2. The zero-order chi connectivity index (χ0) is 9.45. The minimum atomic E-state index is -2.60. The van der Waals surface area contributed by atoms with E-state index in [2.05, 4.69) is 37.9 Å². The van der Waals surface area contributed by atoms with Crippen LogP contribution < -0.4 is 0 Å². The molecule has 0 rings (SSSR count). The minimum Gasteiger partial charge on any atom is -0.313 e. The quantitative estimate of drug-likeness (QED) is 0.494. The second-order valence-corrected chi connectivity index (χ2v) is 12.2. The van der Waals surface area contributed by atoms with Gasteiger partial charge in [0.05, 0.1) is 6.61 Å². The average molecular weight is 322 g/mol. The van der Waals surface area contributed by atoms with E-state index in [0.29, 0.717) is 6.61 Å². The maximum Gasteiger partial charge on any atom is 0.328 e. The maximum atomic E-state index is 10.9.